The van der Waals surface area contributed by atoms with Gasteiger partial charge in [0, 0.05) is 13.1 Å². The zero-order chi connectivity index (χ0) is 15.8. The van der Waals surface area contributed by atoms with Crippen LogP contribution in [0.2, 0.25) is 0 Å². The number of thiophene rings is 1. The third kappa shape index (κ3) is 4.89. The van der Waals surface area contributed by atoms with E-state index in [0.29, 0.717) is 23.7 Å². The van der Waals surface area contributed by atoms with Gasteiger partial charge in [0.1, 0.15) is 5.75 Å². The summed E-state index contributed by atoms with van der Waals surface area (Å²) in [6.07, 6.45) is 0. The van der Waals surface area contributed by atoms with Crippen molar-refractivity contribution in [3.8, 4) is 5.75 Å². The van der Waals surface area contributed by atoms with Gasteiger partial charge in [-0.2, -0.15) is 0 Å². The van der Waals surface area contributed by atoms with Crippen molar-refractivity contribution in [2.24, 2.45) is 0 Å². The number of carbonyl (C=O) groups is 2. The number of benzene rings is 1. The van der Waals surface area contributed by atoms with Gasteiger partial charge in [-0.05, 0) is 30.0 Å². The lowest BCUT2D eigenvalue weighted by atomic mass is 10.2. The summed E-state index contributed by atoms with van der Waals surface area (Å²) < 4.78 is 5.44. The minimum absolute atomic E-state index is 0.0380. The maximum Gasteiger partial charge on any atom is 0.261 e. The Kier molecular flexibility index (Phi) is 5.97. The maximum atomic E-state index is 11.7. The molecule has 0 saturated carbocycles. The molecule has 0 fully saturated rings. The molecule has 0 spiro atoms. The monoisotopic (exact) mass is 318 g/mol. The lowest BCUT2D eigenvalue weighted by Crippen LogP contribution is -2.36. The molecule has 0 bridgehead atoms. The first-order chi connectivity index (χ1) is 10.7. The van der Waals surface area contributed by atoms with E-state index in [1.54, 1.807) is 6.07 Å². The first-order valence-electron chi connectivity index (χ1n) is 6.93. The van der Waals surface area contributed by atoms with Crippen LogP contribution in [0.5, 0.6) is 5.75 Å². The summed E-state index contributed by atoms with van der Waals surface area (Å²) in [5.74, 6) is 0.359. The molecular formula is C16H18N2O3S. The lowest BCUT2D eigenvalue weighted by molar-refractivity contribution is -0.123. The highest BCUT2D eigenvalue weighted by Gasteiger charge is 2.06. The van der Waals surface area contributed by atoms with Gasteiger partial charge in [0.15, 0.2) is 6.61 Å². The maximum absolute atomic E-state index is 11.7. The van der Waals surface area contributed by atoms with Gasteiger partial charge in [-0.25, -0.2) is 0 Å². The Morgan fingerprint density at radius 1 is 1.09 bits per heavy atom. The molecule has 0 aliphatic rings. The molecule has 0 radical (unpaired) electrons. The van der Waals surface area contributed by atoms with Crippen LogP contribution >= 0.6 is 11.3 Å². The number of hydrogen-bond donors (Lipinski definition) is 2. The van der Waals surface area contributed by atoms with Crippen LogP contribution in [0.4, 0.5) is 0 Å². The number of amides is 2. The largest absolute Gasteiger partial charge is 0.484 e. The number of nitrogens with one attached hydrogen (secondary N) is 2. The van der Waals surface area contributed by atoms with Gasteiger partial charge >= 0.3 is 0 Å². The van der Waals surface area contributed by atoms with Gasteiger partial charge in [0.25, 0.3) is 11.8 Å². The van der Waals surface area contributed by atoms with E-state index in [-0.39, 0.29) is 18.4 Å². The number of carbonyl (C=O) groups excluding carboxylic acids is 2. The van der Waals surface area contributed by atoms with E-state index in [2.05, 4.69) is 10.6 Å². The second kappa shape index (κ2) is 8.19. The molecule has 2 amide bonds. The van der Waals surface area contributed by atoms with Crippen molar-refractivity contribution in [3.05, 3.63) is 52.2 Å². The van der Waals surface area contributed by atoms with E-state index in [1.165, 1.54) is 11.3 Å². The molecule has 116 valence electrons. The fourth-order valence-corrected chi connectivity index (χ4v) is 2.43. The predicted octanol–water partition coefficient (Wildman–Crippen LogP) is 1.98. The summed E-state index contributed by atoms with van der Waals surface area (Å²) in [4.78, 5) is 24.0. The van der Waals surface area contributed by atoms with Crippen LogP contribution in [-0.4, -0.2) is 31.5 Å². The van der Waals surface area contributed by atoms with Gasteiger partial charge in [-0.3, -0.25) is 9.59 Å². The van der Waals surface area contributed by atoms with E-state index < -0.39 is 0 Å². The number of ether oxygens (including phenoxy) is 1. The molecule has 0 atom stereocenters. The topological polar surface area (TPSA) is 67.4 Å². The van der Waals surface area contributed by atoms with Crippen molar-refractivity contribution in [1.82, 2.24) is 10.6 Å². The van der Waals surface area contributed by atoms with E-state index in [1.807, 2.05) is 42.6 Å². The van der Waals surface area contributed by atoms with Gasteiger partial charge in [-0.1, -0.05) is 24.3 Å². The van der Waals surface area contributed by atoms with Crippen LogP contribution in [0.25, 0.3) is 0 Å². The summed E-state index contributed by atoms with van der Waals surface area (Å²) in [6, 6.07) is 11.1. The summed E-state index contributed by atoms with van der Waals surface area (Å²) in [7, 11) is 0. The fraction of sp³-hybridized carbons (Fsp3) is 0.250. The van der Waals surface area contributed by atoms with Gasteiger partial charge in [-0.15, -0.1) is 11.3 Å². The van der Waals surface area contributed by atoms with E-state index >= 15 is 0 Å². The Morgan fingerprint density at radius 3 is 2.59 bits per heavy atom. The molecule has 6 heteroatoms. The molecule has 1 aromatic carbocycles. The highest BCUT2D eigenvalue weighted by molar-refractivity contribution is 7.12. The first-order valence-corrected chi connectivity index (χ1v) is 7.81. The van der Waals surface area contributed by atoms with Crippen molar-refractivity contribution in [1.29, 1.82) is 0 Å². The molecular weight excluding hydrogens is 300 g/mol. The van der Waals surface area contributed by atoms with E-state index in [4.69, 9.17) is 4.74 Å². The van der Waals surface area contributed by atoms with Crippen molar-refractivity contribution in [2.75, 3.05) is 19.7 Å². The quantitative estimate of drug-likeness (QED) is 0.767. The van der Waals surface area contributed by atoms with Crippen molar-refractivity contribution < 1.29 is 14.3 Å². The lowest BCUT2D eigenvalue weighted by Gasteiger charge is -2.09. The summed E-state index contributed by atoms with van der Waals surface area (Å²) >= 11 is 1.38. The Morgan fingerprint density at radius 2 is 1.86 bits per heavy atom. The van der Waals surface area contributed by atoms with E-state index in [0.717, 1.165) is 5.56 Å². The average Bonchev–Trinajstić information content (AvgIpc) is 3.05. The minimum atomic E-state index is -0.214. The molecule has 22 heavy (non-hydrogen) atoms. The summed E-state index contributed by atoms with van der Waals surface area (Å²) in [5.41, 5.74) is 0.985. The molecule has 1 heterocycles. The Hall–Kier alpha value is -2.34. The second-order valence-electron chi connectivity index (χ2n) is 4.64. The number of para-hydroxylation sites is 1. The highest BCUT2D eigenvalue weighted by atomic mass is 32.1. The zero-order valence-corrected chi connectivity index (χ0v) is 13.1. The molecule has 5 nitrogen and oxygen atoms in total. The number of aryl methyl sites for hydroxylation is 1. The Balaban J connectivity index is 1.62. The number of hydrogen-bond acceptors (Lipinski definition) is 4. The zero-order valence-electron chi connectivity index (χ0n) is 12.3. The van der Waals surface area contributed by atoms with E-state index in [9.17, 15) is 9.59 Å². The fourth-order valence-electron chi connectivity index (χ4n) is 1.79. The van der Waals surface area contributed by atoms with Crippen LogP contribution in [0.1, 0.15) is 15.2 Å². The normalized spacial score (nSPS) is 10.0. The molecule has 0 aliphatic carbocycles. The summed E-state index contributed by atoms with van der Waals surface area (Å²) in [5, 5.41) is 7.28. The van der Waals surface area contributed by atoms with Crippen LogP contribution in [-0.2, 0) is 4.79 Å². The Labute approximate surface area is 133 Å². The van der Waals surface area contributed by atoms with Crippen molar-refractivity contribution in [3.63, 3.8) is 0 Å². The molecule has 2 N–H and O–H groups in total. The third-order valence-corrected chi connectivity index (χ3v) is 3.80. The van der Waals surface area contributed by atoms with Gasteiger partial charge in [0.2, 0.25) is 0 Å². The SMILES string of the molecule is Cc1ccccc1OCC(=O)NCCNC(=O)c1cccs1. The van der Waals surface area contributed by atoms with Crippen molar-refractivity contribution in [2.45, 2.75) is 6.92 Å². The summed E-state index contributed by atoms with van der Waals surface area (Å²) in [6.45, 7) is 2.64. The predicted molar refractivity (Wildman–Crippen MR) is 86.3 cm³/mol. The minimum Gasteiger partial charge on any atom is -0.484 e. The standard InChI is InChI=1S/C16H18N2O3S/c1-12-5-2-3-6-13(12)21-11-15(19)17-8-9-18-16(20)14-7-4-10-22-14/h2-7,10H,8-9,11H2,1H3,(H,17,19)(H,18,20). The van der Waals surface area contributed by atoms with Crippen LogP contribution < -0.4 is 15.4 Å². The highest BCUT2D eigenvalue weighted by Crippen LogP contribution is 2.15. The van der Waals surface area contributed by atoms with Gasteiger partial charge < -0.3 is 15.4 Å². The van der Waals surface area contributed by atoms with Crippen LogP contribution in [0.15, 0.2) is 41.8 Å². The number of rotatable bonds is 7. The molecule has 1 aromatic heterocycles. The average molecular weight is 318 g/mol. The first kappa shape index (κ1) is 16.0. The second-order valence-corrected chi connectivity index (χ2v) is 5.59. The molecule has 2 aromatic rings. The van der Waals surface area contributed by atoms with Crippen molar-refractivity contribution >= 4 is 23.2 Å². The molecule has 0 aliphatic heterocycles. The molecule has 2 rings (SSSR count). The van der Waals surface area contributed by atoms with Crippen LogP contribution in [0, 0.1) is 6.92 Å². The molecule has 0 unspecified atom stereocenters. The van der Waals surface area contributed by atoms with Gasteiger partial charge in [0.05, 0.1) is 4.88 Å². The third-order valence-electron chi connectivity index (χ3n) is 2.93. The molecule has 0 saturated heterocycles. The Bertz CT molecular complexity index is 626. The van der Waals surface area contributed by atoms with Crippen LogP contribution in [0.3, 0.4) is 0 Å². The smallest absolute Gasteiger partial charge is 0.261 e.